The fraction of sp³-hybridized carbons (Fsp3) is 0.333. The maximum Gasteiger partial charge on any atom is 0 e. The van der Waals surface area contributed by atoms with Crippen molar-refractivity contribution in [3.05, 3.63) is 47.1 Å². The Morgan fingerprint density at radius 1 is 1.46 bits per heavy atom. The molecule has 0 amide bonds. The summed E-state index contributed by atoms with van der Waals surface area (Å²) in [4.78, 5) is 0. The molecular formula is C12H13Zr-. The second-order valence-electron chi connectivity index (χ2n) is 3.15. The van der Waals surface area contributed by atoms with Crippen LogP contribution in [0.15, 0.2) is 41.0 Å². The SMILES string of the molecule is CCC1=[C-]CC=C1C1=CC=CC1.[Zr]. The van der Waals surface area contributed by atoms with E-state index in [9.17, 15) is 0 Å². The van der Waals surface area contributed by atoms with Gasteiger partial charge in [0.05, 0.1) is 0 Å². The van der Waals surface area contributed by atoms with Crippen LogP contribution in [-0.2, 0) is 26.2 Å². The van der Waals surface area contributed by atoms with Crippen LogP contribution >= 0.6 is 0 Å². The molecule has 0 saturated heterocycles. The standard InChI is InChI=1S/C12H13.Zr/c1-2-10-8-5-9-12(10)11-6-3-4-7-11;/h3-4,6,9H,2,5,7H2,1H3;/q-1;. The molecule has 66 valence electrons. The van der Waals surface area contributed by atoms with Crippen molar-refractivity contribution >= 4 is 0 Å². The summed E-state index contributed by atoms with van der Waals surface area (Å²) in [5.74, 6) is 0. The van der Waals surface area contributed by atoms with Gasteiger partial charge in [-0.25, -0.2) is 5.57 Å². The van der Waals surface area contributed by atoms with Gasteiger partial charge >= 0.3 is 0 Å². The van der Waals surface area contributed by atoms with Crippen LogP contribution in [-0.4, -0.2) is 0 Å². The van der Waals surface area contributed by atoms with E-state index < -0.39 is 0 Å². The van der Waals surface area contributed by atoms with Crippen molar-refractivity contribution < 1.29 is 26.2 Å². The Labute approximate surface area is 99.2 Å². The second kappa shape index (κ2) is 4.91. The molecule has 0 aromatic carbocycles. The number of hydrogen-bond acceptors (Lipinski definition) is 0. The molecule has 0 aromatic heterocycles. The molecular weight excluding hydrogens is 235 g/mol. The van der Waals surface area contributed by atoms with Gasteiger partial charge in [0.25, 0.3) is 0 Å². The molecule has 0 N–H and O–H groups in total. The van der Waals surface area contributed by atoms with Crippen LogP contribution in [0.2, 0.25) is 0 Å². The van der Waals surface area contributed by atoms with Crippen LogP contribution in [0.25, 0.3) is 0 Å². The van der Waals surface area contributed by atoms with Gasteiger partial charge < -0.3 is 0 Å². The zero-order chi connectivity index (χ0) is 8.39. The maximum atomic E-state index is 3.39. The fourth-order valence-electron chi connectivity index (χ4n) is 1.78. The van der Waals surface area contributed by atoms with Gasteiger partial charge in [-0.1, -0.05) is 31.6 Å². The van der Waals surface area contributed by atoms with E-state index in [1.165, 1.54) is 16.7 Å². The van der Waals surface area contributed by atoms with Gasteiger partial charge in [-0.15, -0.1) is 12.0 Å². The normalized spacial score (nSPS) is 19.3. The molecule has 2 aliphatic carbocycles. The third kappa shape index (κ3) is 2.20. The summed E-state index contributed by atoms with van der Waals surface area (Å²) >= 11 is 0. The van der Waals surface area contributed by atoms with E-state index in [4.69, 9.17) is 0 Å². The number of allylic oxidation sites excluding steroid dienone is 8. The zero-order valence-corrected chi connectivity index (χ0v) is 10.4. The average molecular weight is 248 g/mol. The van der Waals surface area contributed by atoms with E-state index in [1.54, 1.807) is 0 Å². The van der Waals surface area contributed by atoms with Gasteiger partial charge in [0.1, 0.15) is 0 Å². The molecule has 1 heteroatoms. The minimum Gasteiger partial charge on any atom is -0.269 e. The molecule has 2 rings (SSSR count). The third-order valence-corrected chi connectivity index (χ3v) is 2.42. The molecule has 0 aromatic rings. The fourth-order valence-corrected chi connectivity index (χ4v) is 1.78. The summed E-state index contributed by atoms with van der Waals surface area (Å²) in [6.45, 7) is 2.20. The Hall–Kier alpha value is -0.157. The largest absolute Gasteiger partial charge is 0.269 e. The number of hydrogen-bond donors (Lipinski definition) is 0. The predicted octanol–water partition coefficient (Wildman–Crippen LogP) is 3.34. The van der Waals surface area contributed by atoms with Crippen LogP contribution in [0.3, 0.4) is 0 Å². The summed E-state index contributed by atoms with van der Waals surface area (Å²) in [5.41, 5.74) is 4.32. The topological polar surface area (TPSA) is 0 Å². The van der Waals surface area contributed by atoms with Crippen molar-refractivity contribution in [1.82, 2.24) is 0 Å². The first kappa shape index (κ1) is 10.9. The van der Waals surface area contributed by atoms with Gasteiger partial charge in [0, 0.05) is 26.2 Å². The van der Waals surface area contributed by atoms with Gasteiger partial charge in [0.2, 0.25) is 0 Å². The molecule has 0 fully saturated rings. The Morgan fingerprint density at radius 3 is 2.92 bits per heavy atom. The van der Waals surface area contributed by atoms with Crippen LogP contribution in [0.1, 0.15) is 26.2 Å². The van der Waals surface area contributed by atoms with Crippen molar-refractivity contribution in [2.45, 2.75) is 26.2 Å². The molecule has 2 aliphatic rings. The second-order valence-corrected chi connectivity index (χ2v) is 3.15. The van der Waals surface area contributed by atoms with E-state index in [2.05, 4.69) is 37.3 Å². The molecule has 0 bridgehead atoms. The van der Waals surface area contributed by atoms with E-state index >= 15 is 0 Å². The first-order valence-corrected chi connectivity index (χ1v) is 4.58. The van der Waals surface area contributed by atoms with E-state index in [-0.39, 0.29) is 26.2 Å². The van der Waals surface area contributed by atoms with Crippen LogP contribution in [0, 0.1) is 6.08 Å². The van der Waals surface area contributed by atoms with Crippen LogP contribution < -0.4 is 0 Å². The smallest absolute Gasteiger partial charge is 0 e. The predicted molar refractivity (Wildman–Crippen MR) is 51.6 cm³/mol. The third-order valence-electron chi connectivity index (χ3n) is 2.42. The summed E-state index contributed by atoms with van der Waals surface area (Å²) in [6, 6.07) is 0. The Balaban J connectivity index is 0.000000845. The maximum absolute atomic E-state index is 3.39. The Bertz CT molecular complexity index is 303. The van der Waals surface area contributed by atoms with Crippen molar-refractivity contribution in [2.24, 2.45) is 0 Å². The average Bonchev–Trinajstić information content (AvgIpc) is 2.74. The molecule has 0 heterocycles. The molecule has 0 aliphatic heterocycles. The molecule has 0 spiro atoms. The van der Waals surface area contributed by atoms with Crippen LogP contribution in [0.4, 0.5) is 0 Å². The zero-order valence-electron chi connectivity index (χ0n) is 7.93. The first-order chi connectivity index (χ1) is 5.92. The van der Waals surface area contributed by atoms with Gasteiger partial charge in [-0.05, 0) is 6.42 Å². The molecule has 0 unspecified atom stereocenters. The van der Waals surface area contributed by atoms with Gasteiger partial charge in [-0.2, -0.15) is 11.6 Å². The summed E-state index contributed by atoms with van der Waals surface area (Å²) in [5, 5.41) is 0. The molecule has 13 heavy (non-hydrogen) atoms. The Kier molecular flexibility index (Phi) is 4.12. The Morgan fingerprint density at radius 2 is 2.31 bits per heavy atom. The van der Waals surface area contributed by atoms with E-state index in [0.717, 1.165) is 19.3 Å². The summed E-state index contributed by atoms with van der Waals surface area (Å²) < 4.78 is 0. The summed E-state index contributed by atoms with van der Waals surface area (Å²) in [7, 11) is 0. The first-order valence-electron chi connectivity index (χ1n) is 4.58. The molecule has 0 nitrogen and oxygen atoms in total. The molecule has 0 saturated carbocycles. The number of rotatable bonds is 2. The summed E-state index contributed by atoms with van der Waals surface area (Å²) in [6.07, 6.45) is 15.5. The minimum absolute atomic E-state index is 0. The molecule has 0 radical (unpaired) electrons. The monoisotopic (exact) mass is 247 g/mol. The quantitative estimate of drug-likeness (QED) is 0.658. The van der Waals surface area contributed by atoms with Crippen molar-refractivity contribution in [1.29, 1.82) is 0 Å². The van der Waals surface area contributed by atoms with Crippen molar-refractivity contribution in [3.63, 3.8) is 0 Å². The van der Waals surface area contributed by atoms with Crippen LogP contribution in [0.5, 0.6) is 0 Å². The van der Waals surface area contributed by atoms with Crippen molar-refractivity contribution in [2.75, 3.05) is 0 Å². The van der Waals surface area contributed by atoms with Gasteiger partial charge in [-0.3, -0.25) is 6.08 Å². The van der Waals surface area contributed by atoms with E-state index in [0.29, 0.717) is 0 Å². The van der Waals surface area contributed by atoms with E-state index in [1.807, 2.05) is 0 Å². The van der Waals surface area contributed by atoms with Crippen molar-refractivity contribution in [3.8, 4) is 0 Å². The minimum atomic E-state index is 0. The van der Waals surface area contributed by atoms with Gasteiger partial charge in [0.15, 0.2) is 0 Å². The molecule has 0 atom stereocenters.